The Hall–Kier alpha value is -0.330. The van der Waals surface area contributed by atoms with Gasteiger partial charge >= 0.3 is 0 Å². The van der Waals surface area contributed by atoms with Gasteiger partial charge in [-0.15, -0.1) is 0 Å². The average molecular weight is 349 g/mol. The van der Waals surface area contributed by atoms with Crippen molar-refractivity contribution in [2.75, 3.05) is 0 Å². The molecule has 0 radical (unpaired) electrons. The Morgan fingerprint density at radius 1 is 1.24 bits per heavy atom. The van der Waals surface area contributed by atoms with Crippen LogP contribution in [0.3, 0.4) is 0 Å². The highest BCUT2D eigenvalue weighted by Gasteiger charge is 2.37. The Bertz CT molecular complexity index is 659. The lowest BCUT2D eigenvalue weighted by atomic mass is 10.2. The van der Waals surface area contributed by atoms with Gasteiger partial charge in [-0.2, -0.15) is 0 Å². The first-order chi connectivity index (χ1) is 9.87. The first-order valence-electron chi connectivity index (χ1n) is 7.10. The average Bonchev–Trinajstić information content (AvgIpc) is 3.28. The van der Waals surface area contributed by atoms with Crippen LogP contribution in [-0.4, -0.2) is 20.5 Å². The molecule has 0 saturated heterocycles. The molecule has 2 atom stereocenters. The van der Waals surface area contributed by atoms with Crippen molar-refractivity contribution in [1.29, 1.82) is 0 Å². The topological polar surface area (TPSA) is 58.2 Å². The van der Waals surface area contributed by atoms with Crippen molar-refractivity contribution in [3.05, 3.63) is 27.7 Å². The van der Waals surface area contributed by atoms with Crippen molar-refractivity contribution in [2.24, 2.45) is 5.92 Å². The number of halogens is 2. The summed E-state index contributed by atoms with van der Waals surface area (Å²) in [4.78, 5) is 0.111. The normalized spacial score (nSPS) is 25.1. The first kappa shape index (κ1) is 15.6. The molecule has 21 heavy (non-hydrogen) atoms. The first-order valence-corrected chi connectivity index (χ1v) is 9.34. The van der Waals surface area contributed by atoms with E-state index in [9.17, 15) is 8.42 Å². The third-order valence-electron chi connectivity index (χ3n) is 3.96. The molecule has 2 saturated carbocycles. The predicted molar refractivity (Wildman–Crippen MR) is 84.2 cm³/mol. The molecule has 0 aromatic heterocycles. The summed E-state index contributed by atoms with van der Waals surface area (Å²) in [5, 5.41) is 3.98. The molecule has 0 amide bonds. The van der Waals surface area contributed by atoms with Crippen LogP contribution in [0, 0.1) is 5.92 Å². The van der Waals surface area contributed by atoms with Crippen molar-refractivity contribution in [3.8, 4) is 0 Å². The Morgan fingerprint density at radius 2 is 1.90 bits per heavy atom. The third kappa shape index (κ3) is 3.71. The minimum Gasteiger partial charge on any atom is -0.310 e. The fourth-order valence-electron chi connectivity index (χ4n) is 2.20. The van der Waals surface area contributed by atoms with Gasteiger partial charge < -0.3 is 5.32 Å². The quantitative estimate of drug-likeness (QED) is 0.830. The highest BCUT2D eigenvalue weighted by Crippen LogP contribution is 2.33. The molecule has 2 fully saturated rings. The fourth-order valence-corrected chi connectivity index (χ4v) is 4.43. The molecule has 7 heteroatoms. The minimum atomic E-state index is -3.59. The van der Waals surface area contributed by atoms with Crippen LogP contribution in [-0.2, 0) is 16.6 Å². The van der Waals surface area contributed by atoms with Gasteiger partial charge in [0.2, 0.25) is 10.0 Å². The lowest BCUT2D eigenvalue weighted by molar-refractivity contribution is 0.578. The zero-order chi connectivity index (χ0) is 15.2. The van der Waals surface area contributed by atoms with Crippen LogP contribution in [0.1, 0.15) is 31.7 Å². The smallest absolute Gasteiger partial charge is 0.242 e. The summed E-state index contributed by atoms with van der Waals surface area (Å²) in [6, 6.07) is 3.64. The van der Waals surface area contributed by atoms with E-state index in [4.69, 9.17) is 23.2 Å². The molecule has 1 aromatic carbocycles. The van der Waals surface area contributed by atoms with Crippen LogP contribution in [0.5, 0.6) is 0 Å². The zero-order valence-electron chi connectivity index (χ0n) is 11.7. The van der Waals surface area contributed by atoms with Crippen molar-refractivity contribution in [2.45, 2.75) is 49.7 Å². The van der Waals surface area contributed by atoms with Crippen molar-refractivity contribution < 1.29 is 8.42 Å². The highest BCUT2D eigenvalue weighted by molar-refractivity contribution is 7.89. The second kappa shape index (κ2) is 5.70. The van der Waals surface area contributed by atoms with Crippen LogP contribution in [0.15, 0.2) is 17.0 Å². The molecule has 4 nitrogen and oxygen atoms in total. The van der Waals surface area contributed by atoms with Crippen molar-refractivity contribution in [3.63, 3.8) is 0 Å². The van der Waals surface area contributed by atoms with Gasteiger partial charge in [0.25, 0.3) is 0 Å². The van der Waals surface area contributed by atoms with Crippen molar-refractivity contribution >= 4 is 33.2 Å². The maximum absolute atomic E-state index is 12.4. The molecule has 0 aliphatic heterocycles. The molecular weight excluding hydrogens is 331 g/mol. The largest absolute Gasteiger partial charge is 0.310 e. The number of nitrogens with one attached hydrogen (secondary N) is 2. The van der Waals surface area contributed by atoms with Crippen LogP contribution in [0.2, 0.25) is 10.0 Å². The van der Waals surface area contributed by atoms with Gasteiger partial charge in [0.1, 0.15) is 4.90 Å². The molecule has 3 rings (SSSR count). The zero-order valence-corrected chi connectivity index (χ0v) is 14.0. The third-order valence-corrected chi connectivity index (χ3v) is 6.27. The number of sulfonamides is 1. The number of hydrogen-bond donors (Lipinski definition) is 2. The lowest BCUT2D eigenvalue weighted by Crippen LogP contribution is -2.27. The molecule has 116 valence electrons. The maximum Gasteiger partial charge on any atom is 0.242 e. The summed E-state index contributed by atoms with van der Waals surface area (Å²) in [5.41, 5.74) is 0.761. The Labute approximate surface area is 135 Å². The minimum absolute atomic E-state index is 0.0229. The van der Waals surface area contributed by atoms with Crippen LogP contribution >= 0.6 is 23.2 Å². The molecule has 0 heterocycles. The van der Waals surface area contributed by atoms with Crippen LogP contribution in [0.25, 0.3) is 0 Å². The van der Waals surface area contributed by atoms with Gasteiger partial charge in [0.15, 0.2) is 0 Å². The second-order valence-corrected chi connectivity index (χ2v) is 8.47. The van der Waals surface area contributed by atoms with Gasteiger partial charge in [-0.05, 0) is 42.9 Å². The molecular formula is C14H18Cl2N2O2S. The Balaban J connectivity index is 1.83. The summed E-state index contributed by atoms with van der Waals surface area (Å²) < 4.78 is 27.5. The van der Waals surface area contributed by atoms with Gasteiger partial charge in [-0.3, -0.25) is 0 Å². The lowest BCUT2D eigenvalue weighted by Gasteiger charge is -2.12. The van der Waals surface area contributed by atoms with E-state index in [1.54, 1.807) is 6.07 Å². The van der Waals surface area contributed by atoms with E-state index in [2.05, 4.69) is 10.0 Å². The number of rotatable bonds is 6. The standard InChI is InChI=1S/C14H18Cl2N2O2S/c1-8-4-13(8)18-21(19,20)14-5-9(7-17-10-2-3-10)11(15)6-12(14)16/h5-6,8,10,13,17-18H,2-4,7H2,1H3. The van der Waals surface area contributed by atoms with Crippen LogP contribution < -0.4 is 10.0 Å². The Kier molecular flexibility index (Phi) is 4.23. The summed E-state index contributed by atoms with van der Waals surface area (Å²) in [7, 11) is -3.59. The molecule has 0 spiro atoms. The van der Waals surface area contributed by atoms with E-state index in [1.165, 1.54) is 6.07 Å². The Morgan fingerprint density at radius 3 is 2.48 bits per heavy atom. The monoisotopic (exact) mass is 348 g/mol. The van der Waals surface area contributed by atoms with Gasteiger partial charge in [-0.25, -0.2) is 13.1 Å². The van der Waals surface area contributed by atoms with E-state index >= 15 is 0 Å². The van der Waals surface area contributed by atoms with E-state index in [0.29, 0.717) is 23.5 Å². The van der Waals surface area contributed by atoms with Gasteiger partial charge in [0, 0.05) is 23.7 Å². The predicted octanol–water partition coefficient (Wildman–Crippen LogP) is 2.93. The van der Waals surface area contributed by atoms with Gasteiger partial charge in [0.05, 0.1) is 5.02 Å². The molecule has 2 unspecified atom stereocenters. The number of hydrogen-bond acceptors (Lipinski definition) is 3. The second-order valence-electron chi connectivity index (χ2n) is 5.97. The van der Waals surface area contributed by atoms with E-state index in [-0.39, 0.29) is 16.0 Å². The summed E-state index contributed by atoms with van der Waals surface area (Å²) in [5.74, 6) is 0.391. The molecule has 2 aliphatic carbocycles. The van der Waals surface area contributed by atoms with E-state index in [0.717, 1.165) is 24.8 Å². The molecule has 0 bridgehead atoms. The highest BCUT2D eigenvalue weighted by atomic mass is 35.5. The van der Waals surface area contributed by atoms with E-state index in [1.807, 2.05) is 6.92 Å². The summed E-state index contributed by atoms with van der Waals surface area (Å²) in [6.45, 7) is 2.57. The maximum atomic E-state index is 12.4. The SMILES string of the molecule is CC1CC1NS(=O)(=O)c1cc(CNC2CC2)c(Cl)cc1Cl. The number of benzene rings is 1. The molecule has 1 aromatic rings. The van der Waals surface area contributed by atoms with Crippen molar-refractivity contribution in [1.82, 2.24) is 10.0 Å². The molecule has 2 N–H and O–H groups in total. The molecule has 2 aliphatic rings. The summed E-state index contributed by atoms with van der Waals surface area (Å²) >= 11 is 12.2. The van der Waals surface area contributed by atoms with E-state index < -0.39 is 10.0 Å². The fraction of sp³-hybridized carbons (Fsp3) is 0.571. The van der Waals surface area contributed by atoms with Crippen LogP contribution in [0.4, 0.5) is 0 Å². The van der Waals surface area contributed by atoms with Gasteiger partial charge in [-0.1, -0.05) is 30.1 Å². The summed E-state index contributed by atoms with van der Waals surface area (Å²) in [6.07, 6.45) is 3.20.